The Balaban J connectivity index is 2.81. The topological polar surface area (TPSA) is 23.8 Å². The van der Waals surface area contributed by atoms with E-state index in [1.54, 1.807) is 11.8 Å². The minimum atomic E-state index is 0.516. The van der Waals surface area contributed by atoms with E-state index < -0.39 is 0 Å². The zero-order valence-corrected chi connectivity index (χ0v) is 9.08. The third-order valence-corrected chi connectivity index (χ3v) is 2.96. The van der Waals surface area contributed by atoms with Crippen LogP contribution in [0.2, 0.25) is 0 Å². The summed E-state index contributed by atoms with van der Waals surface area (Å²) in [5.74, 6) is 0.516. The average Bonchev–Trinajstić information content (AvgIpc) is 2.03. The summed E-state index contributed by atoms with van der Waals surface area (Å²) in [7, 11) is 0. The third kappa shape index (κ3) is 2.54. The number of halogens is 1. The molecule has 0 saturated carbocycles. The van der Waals surface area contributed by atoms with Gasteiger partial charge in [0.2, 0.25) is 0 Å². The smallest absolute Gasteiger partial charge is 0.0855 e. The Hall–Kier alpha value is -0.460. The fourth-order valence-electron chi connectivity index (χ4n) is 0.885. The van der Waals surface area contributed by atoms with Gasteiger partial charge in [0.25, 0.3) is 0 Å². The van der Waals surface area contributed by atoms with Gasteiger partial charge in [-0.2, -0.15) is 5.26 Å². The van der Waals surface area contributed by atoms with Gasteiger partial charge in [0.1, 0.15) is 0 Å². The van der Waals surface area contributed by atoms with Crippen molar-refractivity contribution in [1.82, 2.24) is 0 Å². The molecule has 0 aliphatic heterocycles. The number of hydrogen-bond acceptors (Lipinski definition) is 2. The Bertz CT molecular complexity index is 317. The van der Waals surface area contributed by atoms with Crippen molar-refractivity contribution in [2.75, 3.05) is 5.75 Å². The lowest BCUT2D eigenvalue weighted by atomic mass is 10.2. The summed E-state index contributed by atoms with van der Waals surface area (Å²) in [6.07, 6.45) is 0. The lowest BCUT2D eigenvalue weighted by Gasteiger charge is -2.02. The van der Waals surface area contributed by atoms with Gasteiger partial charge in [-0.25, -0.2) is 0 Å². The Morgan fingerprint density at radius 2 is 2.33 bits per heavy atom. The van der Waals surface area contributed by atoms with Crippen molar-refractivity contribution >= 4 is 27.7 Å². The first-order chi connectivity index (χ1) is 5.74. The van der Waals surface area contributed by atoms with Crippen LogP contribution in [-0.2, 0) is 0 Å². The standard InChI is InChI=1S/C9H8BrNS/c1-7-6-8(10)2-3-9(7)12-5-4-11/h2-3,6H,5H2,1H3. The molecule has 0 atom stereocenters. The number of nitriles is 1. The van der Waals surface area contributed by atoms with E-state index in [0.717, 1.165) is 4.47 Å². The monoisotopic (exact) mass is 241 g/mol. The predicted molar refractivity (Wildman–Crippen MR) is 55.2 cm³/mol. The lowest BCUT2D eigenvalue weighted by molar-refractivity contribution is 1.29. The molecule has 0 fully saturated rings. The summed E-state index contributed by atoms with van der Waals surface area (Å²) in [4.78, 5) is 1.18. The molecule has 0 radical (unpaired) electrons. The van der Waals surface area contributed by atoms with Crippen LogP contribution in [0.5, 0.6) is 0 Å². The molecule has 3 heteroatoms. The van der Waals surface area contributed by atoms with Crippen LogP contribution in [0.3, 0.4) is 0 Å². The van der Waals surface area contributed by atoms with Gasteiger partial charge in [0.15, 0.2) is 0 Å². The van der Waals surface area contributed by atoms with Crippen LogP contribution in [0.15, 0.2) is 27.6 Å². The molecule has 0 aromatic heterocycles. The Morgan fingerprint density at radius 3 is 2.92 bits per heavy atom. The van der Waals surface area contributed by atoms with Crippen molar-refractivity contribution in [3.8, 4) is 6.07 Å². The average molecular weight is 242 g/mol. The molecule has 62 valence electrons. The van der Waals surface area contributed by atoms with E-state index in [1.807, 2.05) is 19.1 Å². The number of benzene rings is 1. The normalized spacial score (nSPS) is 9.42. The number of hydrogen-bond donors (Lipinski definition) is 0. The molecule has 0 amide bonds. The lowest BCUT2D eigenvalue weighted by Crippen LogP contribution is -1.80. The van der Waals surface area contributed by atoms with Crippen LogP contribution >= 0.6 is 27.7 Å². The van der Waals surface area contributed by atoms with Gasteiger partial charge < -0.3 is 0 Å². The molecule has 0 saturated heterocycles. The fraction of sp³-hybridized carbons (Fsp3) is 0.222. The van der Waals surface area contributed by atoms with Gasteiger partial charge in [0, 0.05) is 9.37 Å². The minimum Gasteiger partial charge on any atom is -0.197 e. The number of thioether (sulfide) groups is 1. The van der Waals surface area contributed by atoms with E-state index in [9.17, 15) is 0 Å². The zero-order chi connectivity index (χ0) is 8.97. The van der Waals surface area contributed by atoms with Gasteiger partial charge in [-0.3, -0.25) is 0 Å². The fourth-order valence-corrected chi connectivity index (χ4v) is 2.03. The van der Waals surface area contributed by atoms with Crippen LogP contribution in [0.25, 0.3) is 0 Å². The van der Waals surface area contributed by atoms with Crippen molar-refractivity contribution < 1.29 is 0 Å². The number of rotatable bonds is 2. The van der Waals surface area contributed by atoms with Crippen molar-refractivity contribution in [3.05, 3.63) is 28.2 Å². The Morgan fingerprint density at radius 1 is 1.58 bits per heavy atom. The molecular formula is C9H8BrNS. The highest BCUT2D eigenvalue weighted by Gasteiger charge is 1.98. The van der Waals surface area contributed by atoms with Crippen LogP contribution in [0.4, 0.5) is 0 Å². The molecular weight excluding hydrogens is 234 g/mol. The molecule has 0 unspecified atom stereocenters. The minimum absolute atomic E-state index is 0.516. The number of aryl methyl sites for hydroxylation is 1. The summed E-state index contributed by atoms with van der Waals surface area (Å²) < 4.78 is 1.08. The molecule has 0 spiro atoms. The molecule has 1 nitrogen and oxygen atoms in total. The molecule has 1 rings (SSSR count). The molecule has 0 bridgehead atoms. The number of nitrogens with zero attached hydrogens (tertiary/aromatic N) is 1. The molecule has 0 heterocycles. The van der Waals surface area contributed by atoms with Gasteiger partial charge >= 0.3 is 0 Å². The summed E-state index contributed by atoms with van der Waals surface area (Å²) >= 11 is 4.96. The molecule has 0 N–H and O–H groups in total. The predicted octanol–water partition coefficient (Wildman–Crippen LogP) is 3.37. The van der Waals surface area contributed by atoms with E-state index in [-0.39, 0.29) is 0 Å². The van der Waals surface area contributed by atoms with Crippen molar-refractivity contribution in [2.45, 2.75) is 11.8 Å². The van der Waals surface area contributed by atoms with Crippen molar-refractivity contribution in [3.63, 3.8) is 0 Å². The second kappa shape index (κ2) is 4.54. The van der Waals surface area contributed by atoms with Crippen molar-refractivity contribution in [2.24, 2.45) is 0 Å². The molecule has 12 heavy (non-hydrogen) atoms. The van der Waals surface area contributed by atoms with Gasteiger partial charge in [-0.1, -0.05) is 15.9 Å². The summed E-state index contributed by atoms with van der Waals surface area (Å²) in [5.41, 5.74) is 1.21. The van der Waals surface area contributed by atoms with Crippen LogP contribution in [-0.4, -0.2) is 5.75 Å². The second-order valence-electron chi connectivity index (χ2n) is 2.36. The van der Waals surface area contributed by atoms with Crippen LogP contribution < -0.4 is 0 Å². The molecule has 0 aliphatic carbocycles. The first kappa shape index (κ1) is 9.63. The quantitative estimate of drug-likeness (QED) is 0.742. The summed E-state index contributed by atoms with van der Waals surface area (Å²) in [6.45, 7) is 2.05. The van der Waals surface area contributed by atoms with E-state index in [1.165, 1.54) is 10.5 Å². The highest BCUT2D eigenvalue weighted by Crippen LogP contribution is 2.24. The maximum Gasteiger partial charge on any atom is 0.0855 e. The van der Waals surface area contributed by atoms with E-state index in [2.05, 4.69) is 28.1 Å². The van der Waals surface area contributed by atoms with E-state index in [0.29, 0.717) is 5.75 Å². The van der Waals surface area contributed by atoms with Gasteiger partial charge in [-0.15, -0.1) is 11.8 Å². The van der Waals surface area contributed by atoms with Gasteiger partial charge in [-0.05, 0) is 30.7 Å². The van der Waals surface area contributed by atoms with E-state index in [4.69, 9.17) is 5.26 Å². The Labute approximate surface area is 84.9 Å². The SMILES string of the molecule is Cc1cc(Br)ccc1SCC#N. The third-order valence-electron chi connectivity index (χ3n) is 1.43. The highest BCUT2D eigenvalue weighted by molar-refractivity contribution is 9.10. The first-order valence-electron chi connectivity index (χ1n) is 3.50. The van der Waals surface area contributed by atoms with Crippen LogP contribution in [0.1, 0.15) is 5.56 Å². The first-order valence-corrected chi connectivity index (χ1v) is 5.28. The Kier molecular flexibility index (Phi) is 3.64. The maximum absolute atomic E-state index is 8.39. The maximum atomic E-state index is 8.39. The van der Waals surface area contributed by atoms with E-state index >= 15 is 0 Å². The molecule has 0 aliphatic rings. The summed E-state index contributed by atoms with van der Waals surface area (Å²) in [5, 5.41) is 8.39. The van der Waals surface area contributed by atoms with Gasteiger partial charge in [0.05, 0.1) is 11.8 Å². The molecule has 1 aromatic rings. The van der Waals surface area contributed by atoms with Crippen molar-refractivity contribution in [1.29, 1.82) is 5.26 Å². The largest absolute Gasteiger partial charge is 0.197 e. The highest BCUT2D eigenvalue weighted by atomic mass is 79.9. The zero-order valence-electron chi connectivity index (χ0n) is 6.67. The molecule has 1 aromatic carbocycles. The second-order valence-corrected chi connectivity index (χ2v) is 4.29. The summed E-state index contributed by atoms with van der Waals surface area (Å²) in [6, 6.07) is 8.19. The van der Waals surface area contributed by atoms with Crippen LogP contribution in [0, 0.1) is 18.3 Å².